The second-order valence-electron chi connectivity index (χ2n) is 5.77. The predicted molar refractivity (Wildman–Crippen MR) is 85.7 cm³/mol. The molecular weight excluding hydrogens is 308 g/mol. The standard InChI is InChI=1S/C17H16N4O3/c1-11-13(8-19-24-11)17(22)21-7-6-12(10-21)23-16-9-18-14-4-2-3-5-15(14)20-16/h2-5,8-9,12H,6-7,10H2,1H3. The lowest BCUT2D eigenvalue weighted by Crippen LogP contribution is -2.31. The molecule has 122 valence electrons. The van der Waals surface area contributed by atoms with Crippen LogP contribution in [0.2, 0.25) is 0 Å². The third-order valence-corrected chi connectivity index (χ3v) is 4.13. The molecule has 1 saturated heterocycles. The Labute approximate surface area is 138 Å². The maximum absolute atomic E-state index is 12.4. The van der Waals surface area contributed by atoms with E-state index < -0.39 is 0 Å². The van der Waals surface area contributed by atoms with Crippen molar-refractivity contribution in [3.05, 3.63) is 48.0 Å². The van der Waals surface area contributed by atoms with Gasteiger partial charge in [0.15, 0.2) is 0 Å². The second-order valence-corrected chi connectivity index (χ2v) is 5.77. The van der Waals surface area contributed by atoms with Crippen molar-refractivity contribution < 1.29 is 14.1 Å². The number of fused-ring (bicyclic) bond motifs is 1. The largest absolute Gasteiger partial charge is 0.471 e. The first-order chi connectivity index (χ1) is 11.7. The normalized spacial score (nSPS) is 17.4. The number of amides is 1. The van der Waals surface area contributed by atoms with Crippen molar-refractivity contribution in [2.24, 2.45) is 0 Å². The van der Waals surface area contributed by atoms with Crippen molar-refractivity contribution in [3.63, 3.8) is 0 Å². The molecule has 1 aromatic carbocycles. The third kappa shape index (κ3) is 2.68. The van der Waals surface area contributed by atoms with Crippen LogP contribution in [0, 0.1) is 6.92 Å². The van der Waals surface area contributed by atoms with E-state index in [1.54, 1.807) is 18.0 Å². The Morgan fingerprint density at radius 3 is 2.92 bits per heavy atom. The van der Waals surface area contributed by atoms with Crippen LogP contribution in [0.5, 0.6) is 5.88 Å². The van der Waals surface area contributed by atoms with Gasteiger partial charge in [0.25, 0.3) is 5.91 Å². The minimum atomic E-state index is -0.0930. The zero-order valence-corrected chi connectivity index (χ0v) is 13.2. The Morgan fingerprint density at radius 1 is 1.29 bits per heavy atom. The zero-order chi connectivity index (χ0) is 16.5. The van der Waals surface area contributed by atoms with Crippen LogP contribution in [-0.2, 0) is 0 Å². The molecule has 1 atom stereocenters. The van der Waals surface area contributed by atoms with Crippen LogP contribution < -0.4 is 4.74 Å². The van der Waals surface area contributed by atoms with E-state index >= 15 is 0 Å². The fourth-order valence-electron chi connectivity index (χ4n) is 2.85. The van der Waals surface area contributed by atoms with Gasteiger partial charge in [-0.1, -0.05) is 17.3 Å². The van der Waals surface area contributed by atoms with Gasteiger partial charge in [0.1, 0.15) is 17.4 Å². The van der Waals surface area contributed by atoms with Crippen LogP contribution in [0.3, 0.4) is 0 Å². The molecule has 1 aliphatic rings. The molecule has 0 spiro atoms. The SMILES string of the molecule is Cc1oncc1C(=O)N1CCC(Oc2cnc3ccccc3n2)C1. The summed E-state index contributed by atoms with van der Waals surface area (Å²) in [5.74, 6) is 0.934. The third-order valence-electron chi connectivity index (χ3n) is 4.13. The number of carbonyl (C=O) groups is 1. The highest BCUT2D eigenvalue weighted by molar-refractivity contribution is 5.95. The van der Waals surface area contributed by atoms with Crippen LogP contribution in [0.4, 0.5) is 0 Å². The van der Waals surface area contributed by atoms with E-state index in [2.05, 4.69) is 15.1 Å². The van der Waals surface area contributed by atoms with Crippen molar-refractivity contribution >= 4 is 16.9 Å². The summed E-state index contributed by atoms with van der Waals surface area (Å²) in [5.41, 5.74) is 2.12. The van der Waals surface area contributed by atoms with Crippen molar-refractivity contribution in [3.8, 4) is 5.88 Å². The molecule has 2 aromatic heterocycles. The van der Waals surface area contributed by atoms with Gasteiger partial charge < -0.3 is 14.2 Å². The van der Waals surface area contributed by atoms with E-state index in [-0.39, 0.29) is 12.0 Å². The van der Waals surface area contributed by atoms with Crippen LogP contribution in [-0.4, -0.2) is 45.1 Å². The number of hydrogen-bond donors (Lipinski definition) is 0. The van der Waals surface area contributed by atoms with Gasteiger partial charge >= 0.3 is 0 Å². The number of nitrogens with zero attached hydrogens (tertiary/aromatic N) is 4. The Balaban J connectivity index is 1.45. The van der Waals surface area contributed by atoms with Crippen LogP contribution in [0.25, 0.3) is 11.0 Å². The minimum Gasteiger partial charge on any atom is -0.471 e. The van der Waals surface area contributed by atoms with E-state index in [4.69, 9.17) is 9.26 Å². The summed E-state index contributed by atoms with van der Waals surface area (Å²) in [6, 6.07) is 7.64. The Kier molecular flexibility index (Phi) is 3.60. The Bertz CT molecular complexity index is 892. The van der Waals surface area contributed by atoms with Gasteiger partial charge in [-0.15, -0.1) is 0 Å². The maximum Gasteiger partial charge on any atom is 0.259 e. The minimum absolute atomic E-state index is 0.0792. The van der Waals surface area contributed by atoms with Gasteiger partial charge in [-0.05, 0) is 19.1 Å². The molecule has 0 N–H and O–H groups in total. The molecule has 7 heteroatoms. The van der Waals surface area contributed by atoms with Gasteiger partial charge in [-0.25, -0.2) is 9.97 Å². The molecule has 24 heavy (non-hydrogen) atoms. The van der Waals surface area contributed by atoms with Crippen molar-refractivity contribution in [2.75, 3.05) is 13.1 Å². The molecule has 0 radical (unpaired) electrons. The Hall–Kier alpha value is -2.96. The molecule has 1 aliphatic heterocycles. The number of benzene rings is 1. The molecule has 1 amide bonds. The number of aromatic nitrogens is 3. The topological polar surface area (TPSA) is 81.4 Å². The number of para-hydroxylation sites is 2. The summed E-state index contributed by atoms with van der Waals surface area (Å²) < 4.78 is 10.9. The summed E-state index contributed by atoms with van der Waals surface area (Å²) in [4.78, 5) is 23.0. The summed E-state index contributed by atoms with van der Waals surface area (Å²) >= 11 is 0. The Morgan fingerprint density at radius 2 is 2.12 bits per heavy atom. The number of hydrogen-bond acceptors (Lipinski definition) is 6. The smallest absolute Gasteiger partial charge is 0.259 e. The lowest BCUT2D eigenvalue weighted by Gasteiger charge is -2.16. The molecule has 0 bridgehead atoms. The van der Waals surface area contributed by atoms with Crippen molar-refractivity contribution in [2.45, 2.75) is 19.4 Å². The second kappa shape index (κ2) is 5.92. The van der Waals surface area contributed by atoms with Crippen molar-refractivity contribution in [1.82, 2.24) is 20.0 Å². The highest BCUT2D eigenvalue weighted by atomic mass is 16.5. The lowest BCUT2D eigenvalue weighted by molar-refractivity contribution is 0.0769. The molecule has 1 unspecified atom stereocenters. The summed E-state index contributed by atoms with van der Waals surface area (Å²) in [6.07, 6.45) is 3.74. The highest BCUT2D eigenvalue weighted by Gasteiger charge is 2.30. The van der Waals surface area contributed by atoms with Crippen LogP contribution in [0.15, 0.2) is 41.2 Å². The average Bonchev–Trinajstić information content (AvgIpc) is 3.23. The van der Waals surface area contributed by atoms with E-state index in [0.717, 1.165) is 17.5 Å². The maximum atomic E-state index is 12.4. The molecule has 0 saturated carbocycles. The van der Waals surface area contributed by atoms with Gasteiger partial charge in [-0.2, -0.15) is 0 Å². The zero-order valence-electron chi connectivity index (χ0n) is 13.2. The summed E-state index contributed by atoms with van der Waals surface area (Å²) in [7, 11) is 0. The van der Waals surface area contributed by atoms with E-state index in [0.29, 0.717) is 30.3 Å². The molecular formula is C17H16N4O3. The first-order valence-electron chi connectivity index (χ1n) is 7.80. The van der Waals surface area contributed by atoms with Gasteiger partial charge in [0.2, 0.25) is 5.88 Å². The van der Waals surface area contributed by atoms with Gasteiger partial charge in [0, 0.05) is 13.0 Å². The summed E-state index contributed by atoms with van der Waals surface area (Å²) in [6.45, 7) is 2.88. The molecule has 1 fully saturated rings. The fourth-order valence-corrected chi connectivity index (χ4v) is 2.85. The number of ether oxygens (including phenoxy) is 1. The molecule has 3 aromatic rings. The van der Waals surface area contributed by atoms with Gasteiger partial charge in [0.05, 0.1) is 30.0 Å². The van der Waals surface area contributed by atoms with Gasteiger partial charge in [-0.3, -0.25) is 4.79 Å². The molecule has 0 aliphatic carbocycles. The quantitative estimate of drug-likeness (QED) is 0.735. The first-order valence-corrected chi connectivity index (χ1v) is 7.80. The van der Waals surface area contributed by atoms with Crippen molar-refractivity contribution in [1.29, 1.82) is 0 Å². The monoisotopic (exact) mass is 324 g/mol. The fraction of sp³-hybridized carbons (Fsp3) is 0.294. The first kappa shape index (κ1) is 14.6. The van der Waals surface area contributed by atoms with Crippen LogP contribution >= 0.6 is 0 Å². The van der Waals surface area contributed by atoms with Crippen LogP contribution in [0.1, 0.15) is 22.5 Å². The number of rotatable bonds is 3. The average molecular weight is 324 g/mol. The van der Waals surface area contributed by atoms with E-state index in [9.17, 15) is 4.79 Å². The molecule has 4 rings (SSSR count). The number of carbonyl (C=O) groups excluding carboxylic acids is 1. The number of likely N-dealkylation sites (tertiary alicyclic amines) is 1. The van der Waals surface area contributed by atoms with E-state index in [1.165, 1.54) is 6.20 Å². The predicted octanol–water partition coefficient (Wildman–Crippen LogP) is 2.22. The number of aryl methyl sites for hydroxylation is 1. The highest BCUT2D eigenvalue weighted by Crippen LogP contribution is 2.20. The summed E-state index contributed by atoms with van der Waals surface area (Å²) in [5, 5.41) is 3.66. The lowest BCUT2D eigenvalue weighted by atomic mass is 10.2. The molecule has 3 heterocycles. The van der Waals surface area contributed by atoms with E-state index in [1.807, 2.05) is 24.3 Å². The molecule has 7 nitrogen and oxygen atoms in total.